The van der Waals surface area contributed by atoms with Gasteiger partial charge in [-0.25, -0.2) is 0 Å². The van der Waals surface area contributed by atoms with Gasteiger partial charge in [0.25, 0.3) is 0 Å². The van der Waals surface area contributed by atoms with Crippen molar-refractivity contribution >= 4 is 0 Å². The lowest BCUT2D eigenvalue weighted by Crippen LogP contribution is -2.29. The summed E-state index contributed by atoms with van der Waals surface area (Å²) >= 11 is 0. The summed E-state index contributed by atoms with van der Waals surface area (Å²) in [5, 5.41) is 0. The van der Waals surface area contributed by atoms with E-state index >= 15 is 0 Å². The lowest BCUT2D eigenvalue weighted by atomic mass is 9.68. The highest BCUT2D eigenvalue weighted by atomic mass is 15.2. The summed E-state index contributed by atoms with van der Waals surface area (Å²) in [6.45, 7) is 6.21. The zero-order valence-corrected chi connectivity index (χ0v) is 14.6. The summed E-state index contributed by atoms with van der Waals surface area (Å²) in [6.07, 6.45) is 4.21. The maximum Gasteiger partial charge on any atom is 0.0136 e. The molecule has 1 saturated heterocycles. The van der Waals surface area contributed by atoms with E-state index in [0.29, 0.717) is 5.92 Å². The maximum atomic E-state index is 2.78. The lowest BCUT2D eigenvalue weighted by Gasteiger charge is -2.36. The Balaban J connectivity index is 1.54. The van der Waals surface area contributed by atoms with Crippen LogP contribution in [0, 0.1) is 24.7 Å². The predicted octanol–water partition coefficient (Wildman–Crippen LogP) is 4.64. The Morgan fingerprint density at radius 1 is 1.00 bits per heavy atom. The van der Waals surface area contributed by atoms with E-state index in [9.17, 15) is 0 Å². The van der Waals surface area contributed by atoms with Gasteiger partial charge < -0.3 is 4.90 Å². The van der Waals surface area contributed by atoms with Crippen LogP contribution in [0.1, 0.15) is 41.0 Å². The van der Waals surface area contributed by atoms with Crippen LogP contribution < -0.4 is 0 Å². The molecule has 0 radical (unpaired) electrons. The molecule has 0 N–H and O–H groups in total. The second kappa shape index (κ2) is 5.74. The van der Waals surface area contributed by atoms with E-state index in [1.807, 2.05) is 0 Å². The number of hydrogen-bond donors (Lipinski definition) is 0. The second-order valence-corrected chi connectivity index (χ2v) is 8.38. The van der Waals surface area contributed by atoms with E-state index in [1.165, 1.54) is 50.0 Å². The number of benzene rings is 2. The molecule has 3 unspecified atom stereocenters. The zero-order chi connectivity index (χ0) is 16.1. The standard InChI is InChI=1S/C23H27N/c1-16-7-10-19-12-20-14-24(13-17-8-9-17)15-22(20)23(21(19)11-16)18-5-3-2-4-6-18/h2-7,10-11,17,20,22-23H,8-9,12-15H2,1H3. The predicted molar refractivity (Wildman–Crippen MR) is 99.3 cm³/mol. The first-order valence-electron chi connectivity index (χ1n) is 9.64. The van der Waals surface area contributed by atoms with E-state index in [4.69, 9.17) is 0 Å². The number of hydrogen-bond acceptors (Lipinski definition) is 1. The van der Waals surface area contributed by atoms with Crippen LogP contribution >= 0.6 is 0 Å². The van der Waals surface area contributed by atoms with Crippen LogP contribution in [0.15, 0.2) is 48.5 Å². The average molecular weight is 317 g/mol. The van der Waals surface area contributed by atoms with E-state index in [-0.39, 0.29) is 0 Å². The van der Waals surface area contributed by atoms with Crippen LogP contribution in [-0.4, -0.2) is 24.5 Å². The summed E-state index contributed by atoms with van der Waals surface area (Å²) in [5.41, 5.74) is 6.13. The first kappa shape index (κ1) is 14.7. The Kier molecular flexibility index (Phi) is 3.52. The van der Waals surface area contributed by atoms with Crippen molar-refractivity contribution in [2.75, 3.05) is 19.6 Å². The number of fused-ring (bicyclic) bond motifs is 2. The van der Waals surface area contributed by atoms with E-state index in [0.717, 1.165) is 17.8 Å². The Hall–Kier alpha value is -1.60. The number of nitrogens with zero attached hydrogens (tertiary/aromatic N) is 1. The van der Waals surface area contributed by atoms with E-state index < -0.39 is 0 Å². The van der Waals surface area contributed by atoms with Crippen molar-refractivity contribution in [2.24, 2.45) is 17.8 Å². The van der Waals surface area contributed by atoms with Gasteiger partial charge in [0.2, 0.25) is 0 Å². The summed E-state index contributed by atoms with van der Waals surface area (Å²) in [5.74, 6) is 3.22. The van der Waals surface area contributed by atoms with Crippen molar-refractivity contribution in [1.82, 2.24) is 4.90 Å². The number of likely N-dealkylation sites (tertiary alicyclic amines) is 1. The van der Waals surface area contributed by atoms with Gasteiger partial charge in [0.1, 0.15) is 0 Å². The third-order valence-electron chi connectivity index (χ3n) is 6.49. The molecule has 0 spiro atoms. The minimum Gasteiger partial charge on any atom is -0.302 e. The first-order chi connectivity index (χ1) is 11.8. The molecule has 2 aromatic rings. The summed E-state index contributed by atoms with van der Waals surface area (Å²) in [6, 6.07) is 18.4. The number of aryl methyl sites for hydroxylation is 1. The van der Waals surface area contributed by atoms with Crippen molar-refractivity contribution in [2.45, 2.75) is 32.1 Å². The highest BCUT2D eigenvalue weighted by molar-refractivity contribution is 5.44. The molecule has 1 aliphatic heterocycles. The molecule has 0 aromatic heterocycles. The molecular weight excluding hydrogens is 290 g/mol. The smallest absolute Gasteiger partial charge is 0.0136 e. The maximum absolute atomic E-state index is 2.78. The van der Waals surface area contributed by atoms with Crippen molar-refractivity contribution in [3.63, 3.8) is 0 Å². The van der Waals surface area contributed by atoms with Crippen molar-refractivity contribution in [3.8, 4) is 0 Å². The molecule has 3 atom stereocenters. The highest BCUT2D eigenvalue weighted by Gasteiger charge is 2.43. The van der Waals surface area contributed by atoms with Gasteiger partial charge in [-0.05, 0) is 60.6 Å². The molecule has 24 heavy (non-hydrogen) atoms. The third kappa shape index (κ3) is 2.59. The van der Waals surface area contributed by atoms with Gasteiger partial charge in [0.05, 0.1) is 0 Å². The summed E-state index contributed by atoms with van der Waals surface area (Å²) in [7, 11) is 0. The van der Waals surface area contributed by atoms with E-state index in [1.54, 1.807) is 11.1 Å². The molecule has 2 fully saturated rings. The van der Waals surface area contributed by atoms with Gasteiger partial charge in [0, 0.05) is 25.6 Å². The Morgan fingerprint density at radius 2 is 1.83 bits per heavy atom. The number of rotatable bonds is 3. The normalized spacial score (nSPS) is 29.3. The average Bonchev–Trinajstić information content (AvgIpc) is 3.31. The third-order valence-corrected chi connectivity index (χ3v) is 6.49. The molecule has 0 bridgehead atoms. The van der Waals surface area contributed by atoms with Crippen LogP contribution in [0.3, 0.4) is 0 Å². The topological polar surface area (TPSA) is 3.24 Å². The first-order valence-corrected chi connectivity index (χ1v) is 9.64. The van der Waals surface area contributed by atoms with Crippen LogP contribution in [0.25, 0.3) is 0 Å². The quantitative estimate of drug-likeness (QED) is 0.797. The molecule has 1 heterocycles. The molecule has 2 aromatic carbocycles. The lowest BCUT2D eigenvalue weighted by molar-refractivity contribution is 0.306. The Bertz CT molecular complexity index is 731. The van der Waals surface area contributed by atoms with Crippen molar-refractivity contribution < 1.29 is 0 Å². The molecule has 124 valence electrons. The highest BCUT2D eigenvalue weighted by Crippen LogP contribution is 2.47. The monoisotopic (exact) mass is 317 g/mol. The molecule has 1 saturated carbocycles. The molecule has 2 aliphatic carbocycles. The zero-order valence-electron chi connectivity index (χ0n) is 14.6. The minimum absolute atomic E-state index is 0.587. The van der Waals surface area contributed by atoms with Gasteiger partial charge in [-0.3, -0.25) is 0 Å². The second-order valence-electron chi connectivity index (χ2n) is 8.38. The minimum atomic E-state index is 0.587. The SMILES string of the molecule is Cc1ccc2c(c1)C(c1ccccc1)C1CN(CC3CC3)CC1C2. The fraction of sp³-hybridized carbons (Fsp3) is 0.478. The fourth-order valence-electron chi connectivity index (χ4n) is 5.19. The van der Waals surface area contributed by atoms with Crippen LogP contribution in [0.2, 0.25) is 0 Å². The van der Waals surface area contributed by atoms with Gasteiger partial charge in [-0.15, -0.1) is 0 Å². The van der Waals surface area contributed by atoms with Crippen LogP contribution in [-0.2, 0) is 6.42 Å². The largest absolute Gasteiger partial charge is 0.302 e. The summed E-state index contributed by atoms with van der Waals surface area (Å²) < 4.78 is 0. The fourth-order valence-corrected chi connectivity index (χ4v) is 5.19. The van der Waals surface area contributed by atoms with Gasteiger partial charge in [-0.2, -0.15) is 0 Å². The van der Waals surface area contributed by atoms with Gasteiger partial charge in [0.15, 0.2) is 0 Å². The Morgan fingerprint density at radius 3 is 2.62 bits per heavy atom. The molecular formula is C23H27N. The molecule has 1 heteroatoms. The van der Waals surface area contributed by atoms with Crippen LogP contribution in [0.4, 0.5) is 0 Å². The van der Waals surface area contributed by atoms with E-state index in [2.05, 4.69) is 60.4 Å². The molecule has 1 nitrogen and oxygen atoms in total. The molecule has 3 aliphatic rings. The van der Waals surface area contributed by atoms with Crippen molar-refractivity contribution in [3.05, 3.63) is 70.8 Å². The molecule has 5 rings (SSSR count). The van der Waals surface area contributed by atoms with Crippen LogP contribution in [0.5, 0.6) is 0 Å². The molecule has 0 amide bonds. The van der Waals surface area contributed by atoms with Gasteiger partial charge >= 0.3 is 0 Å². The van der Waals surface area contributed by atoms with Crippen molar-refractivity contribution in [1.29, 1.82) is 0 Å². The van der Waals surface area contributed by atoms with Gasteiger partial charge in [-0.1, -0.05) is 54.1 Å². The summed E-state index contributed by atoms with van der Waals surface area (Å²) in [4.78, 5) is 2.78. The Labute approximate surface area is 145 Å².